The molecule has 2 aromatic heterocycles. The first kappa shape index (κ1) is 42.1. The Morgan fingerprint density at radius 3 is 2.36 bits per heavy atom. The predicted octanol–water partition coefficient (Wildman–Crippen LogP) is 4.53. The molecule has 0 radical (unpaired) electrons. The highest BCUT2D eigenvalue weighted by Crippen LogP contribution is 2.33. The van der Waals surface area contributed by atoms with Crippen LogP contribution in [0, 0.1) is 12.3 Å². The Bertz CT molecular complexity index is 2090. The summed E-state index contributed by atoms with van der Waals surface area (Å²) < 4.78 is 0. The highest BCUT2D eigenvalue weighted by Gasteiger charge is 2.44. The molecule has 0 saturated carbocycles. The van der Waals surface area contributed by atoms with Crippen molar-refractivity contribution in [1.29, 1.82) is 0 Å². The van der Waals surface area contributed by atoms with Crippen molar-refractivity contribution in [2.45, 2.75) is 97.0 Å². The number of hydrogen-bond donors (Lipinski definition) is 6. The largest absolute Gasteiger partial charge is 0.507 e. The van der Waals surface area contributed by atoms with Gasteiger partial charge in [0, 0.05) is 61.9 Å². The van der Waals surface area contributed by atoms with Gasteiger partial charge >= 0.3 is 0 Å². The molecule has 0 bridgehead atoms. The number of nitrogens with one attached hydrogen (secondary N) is 3. The number of benzene rings is 2. The quantitative estimate of drug-likeness (QED) is 0.111. The maximum absolute atomic E-state index is 14.0. The fourth-order valence-corrected chi connectivity index (χ4v) is 8.48. The van der Waals surface area contributed by atoms with E-state index >= 15 is 0 Å². The van der Waals surface area contributed by atoms with Crippen molar-refractivity contribution in [2.24, 2.45) is 5.41 Å². The minimum atomic E-state index is -0.952. The van der Waals surface area contributed by atoms with Gasteiger partial charge in [-0.2, -0.15) is 0 Å². The molecule has 308 valence electrons. The van der Waals surface area contributed by atoms with E-state index in [2.05, 4.69) is 49.4 Å². The van der Waals surface area contributed by atoms with Crippen LogP contribution in [0.25, 0.3) is 21.7 Å². The first-order valence-corrected chi connectivity index (χ1v) is 20.7. The number of hydrogen-bond acceptors (Lipinski definition) is 11. The van der Waals surface area contributed by atoms with Gasteiger partial charge in [0.25, 0.3) is 0 Å². The number of phenols is 1. The number of piperidine rings is 1. The van der Waals surface area contributed by atoms with E-state index in [9.17, 15) is 29.4 Å². The fourth-order valence-electron chi connectivity index (χ4n) is 7.54. The SMILES string of the molecule is Cc1ccsc1-c1ccc(CNC(=O)[C@@H]2C[C@@H](O)CN2C(=O)[C@@H](NC(=O)CCCC(=O)NC2CCN(c3cc(-c4ccccc4O)nnc3N)CC2)C(C)(C)C)cc1. The zero-order chi connectivity index (χ0) is 41.6. The van der Waals surface area contributed by atoms with Gasteiger partial charge < -0.3 is 41.7 Å². The highest BCUT2D eigenvalue weighted by atomic mass is 32.1. The second kappa shape index (κ2) is 18.4. The lowest BCUT2D eigenvalue weighted by molar-refractivity contribution is -0.144. The lowest BCUT2D eigenvalue weighted by Gasteiger charge is -2.35. The molecule has 15 heteroatoms. The van der Waals surface area contributed by atoms with E-state index in [0.29, 0.717) is 37.2 Å². The first-order valence-electron chi connectivity index (χ1n) is 19.8. The number of likely N-dealkylation sites (tertiary alicyclic amines) is 1. The number of phenolic OH excluding ortho intramolecular Hbond substituents is 1. The summed E-state index contributed by atoms with van der Waals surface area (Å²) in [6.07, 6.45) is 1.06. The van der Waals surface area contributed by atoms with Gasteiger partial charge in [-0.15, -0.1) is 21.5 Å². The number of para-hydroxylation sites is 1. The summed E-state index contributed by atoms with van der Waals surface area (Å²) in [5.74, 6) is -0.939. The number of aromatic hydroxyl groups is 1. The van der Waals surface area contributed by atoms with Crippen molar-refractivity contribution >= 4 is 46.5 Å². The molecule has 0 unspecified atom stereocenters. The van der Waals surface area contributed by atoms with Crippen LogP contribution in [0.4, 0.5) is 11.5 Å². The third-order valence-corrected chi connectivity index (χ3v) is 11.9. The van der Waals surface area contributed by atoms with E-state index in [1.54, 1.807) is 29.5 Å². The minimum absolute atomic E-state index is 0.0144. The van der Waals surface area contributed by atoms with Crippen molar-refractivity contribution in [1.82, 2.24) is 31.0 Å². The molecule has 2 saturated heterocycles. The number of nitrogens with zero attached hydrogens (tertiary/aromatic N) is 4. The van der Waals surface area contributed by atoms with Gasteiger partial charge in [-0.1, -0.05) is 57.2 Å². The average Bonchev–Trinajstić information content (AvgIpc) is 3.81. The number of β-amino-alcohol motifs (C(OH)–C–C–N with tert-alkyl or cyclic N) is 1. The first-order chi connectivity index (χ1) is 27.7. The van der Waals surface area contributed by atoms with E-state index < -0.39 is 29.5 Å². The van der Waals surface area contributed by atoms with Gasteiger partial charge in [0.15, 0.2) is 5.82 Å². The van der Waals surface area contributed by atoms with Crippen LogP contribution in [0.1, 0.15) is 70.4 Å². The van der Waals surface area contributed by atoms with Crippen molar-refractivity contribution in [2.75, 3.05) is 30.3 Å². The molecule has 58 heavy (non-hydrogen) atoms. The monoisotopic (exact) mass is 810 g/mol. The summed E-state index contributed by atoms with van der Waals surface area (Å²) in [7, 11) is 0. The third-order valence-electron chi connectivity index (χ3n) is 10.8. The zero-order valence-electron chi connectivity index (χ0n) is 33.5. The highest BCUT2D eigenvalue weighted by molar-refractivity contribution is 7.13. The van der Waals surface area contributed by atoms with E-state index in [4.69, 9.17) is 5.73 Å². The minimum Gasteiger partial charge on any atom is -0.507 e. The lowest BCUT2D eigenvalue weighted by atomic mass is 9.85. The number of aryl methyl sites for hydroxylation is 1. The number of amides is 4. The van der Waals surface area contributed by atoms with E-state index in [1.807, 2.05) is 57.2 Å². The third kappa shape index (κ3) is 10.3. The molecule has 7 N–H and O–H groups in total. The molecular weight excluding hydrogens is 757 g/mol. The maximum atomic E-state index is 14.0. The summed E-state index contributed by atoms with van der Waals surface area (Å²) in [5.41, 5.74) is 10.5. The second-order valence-corrected chi connectivity index (χ2v) is 17.2. The summed E-state index contributed by atoms with van der Waals surface area (Å²) in [4.78, 5) is 58.2. The van der Waals surface area contributed by atoms with Gasteiger partial charge in [0.05, 0.1) is 17.5 Å². The second-order valence-electron chi connectivity index (χ2n) is 16.3. The van der Waals surface area contributed by atoms with Gasteiger partial charge in [0.1, 0.15) is 17.8 Å². The van der Waals surface area contributed by atoms with Crippen molar-refractivity contribution < 1.29 is 29.4 Å². The van der Waals surface area contributed by atoms with Gasteiger partial charge in [0.2, 0.25) is 23.6 Å². The molecule has 2 aromatic carbocycles. The van der Waals surface area contributed by atoms with Crippen LogP contribution >= 0.6 is 11.3 Å². The zero-order valence-corrected chi connectivity index (χ0v) is 34.3. The Balaban J connectivity index is 0.955. The maximum Gasteiger partial charge on any atom is 0.246 e. The molecule has 3 atom stereocenters. The smallest absolute Gasteiger partial charge is 0.246 e. The molecule has 4 amide bonds. The van der Waals surface area contributed by atoms with E-state index in [-0.39, 0.29) is 74.1 Å². The number of carbonyl (C=O) groups excluding carboxylic acids is 4. The molecule has 14 nitrogen and oxygen atoms in total. The van der Waals surface area contributed by atoms with Crippen LogP contribution in [0.2, 0.25) is 0 Å². The topological polar surface area (TPSA) is 203 Å². The number of nitrogen functional groups attached to an aromatic ring is 1. The van der Waals surface area contributed by atoms with Crippen LogP contribution in [-0.4, -0.2) is 92.8 Å². The molecule has 4 aromatic rings. The number of nitrogens with two attached hydrogens (primary N) is 1. The Kier molecular flexibility index (Phi) is 13.3. The van der Waals surface area contributed by atoms with Crippen LogP contribution < -0.4 is 26.6 Å². The number of carbonyl (C=O) groups is 4. The number of rotatable bonds is 13. The Morgan fingerprint density at radius 1 is 0.983 bits per heavy atom. The Morgan fingerprint density at radius 2 is 1.69 bits per heavy atom. The summed E-state index contributed by atoms with van der Waals surface area (Å²) in [5, 5.41) is 40.1. The van der Waals surface area contributed by atoms with Gasteiger partial charge in [-0.25, -0.2) is 0 Å². The fraction of sp³-hybridized carbons (Fsp3) is 0.442. The van der Waals surface area contributed by atoms with Crippen molar-refractivity contribution in [3.63, 3.8) is 0 Å². The molecular formula is C43H54N8O6S. The van der Waals surface area contributed by atoms with Gasteiger partial charge in [-0.3, -0.25) is 19.2 Å². The number of thiophene rings is 1. The molecule has 0 aliphatic carbocycles. The summed E-state index contributed by atoms with van der Waals surface area (Å²) in [6.45, 7) is 9.10. The molecule has 0 spiro atoms. The standard InChI is InChI=1S/C43H54N8O6S/c1-26-18-21-58-38(26)28-14-12-27(13-15-28)24-45-41(56)34-22-30(52)25-51(34)42(57)39(43(2,3)4)47-37(55)11-7-10-36(54)46-29-16-19-50(20-17-29)33-23-32(48-49-40(33)44)31-8-5-6-9-35(31)53/h5-6,8-9,12-15,18,21,23,29-30,34,39,52-53H,7,10-11,16-17,19-20,22,24-25H2,1-4H3,(H2,44,49)(H,45,56)(H,46,54)(H,47,55)/t30-,34+,39-/m1/s1. The lowest BCUT2D eigenvalue weighted by Crippen LogP contribution is -2.57. The van der Waals surface area contributed by atoms with Crippen LogP contribution in [0.5, 0.6) is 5.75 Å². The number of aliphatic hydroxyl groups is 1. The van der Waals surface area contributed by atoms with Crippen molar-refractivity contribution in [3.05, 3.63) is 77.2 Å². The molecule has 2 fully saturated rings. The Labute approximate surface area is 343 Å². The molecule has 4 heterocycles. The summed E-state index contributed by atoms with van der Waals surface area (Å²) in [6, 6.07) is 16.9. The number of aliphatic hydroxyl groups excluding tert-OH is 1. The van der Waals surface area contributed by atoms with Gasteiger partial charge in [-0.05, 0) is 77.9 Å². The molecule has 6 rings (SSSR count). The predicted molar refractivity (Wildman–Crippen MR) is 225 cm³/mol. The summed E-state index contributed by atoms with van der Waals surface area (Å²) >= 11 is 1.68. The molecule has 2 aliphatic rings. The van der Waals surface area contributed by atoms with E-state index in [1.165, 1.54) is 15.3 Å². The van der Waals surface area contributed by atoms with Crippen LogP contribution in [0.15, 0.2) is 66.0 Å². The number of anilines is 2. The molecule has 2 aliphatic heterocycles. The van der Waals surface area contributed by atoms with Crippen molar-refractivity contribution in [3.8, 4) is 27.4 Å². The van der Waals surface area contributed by atoms with E-state index in [0.717, 1.165) is 16.8 Å². The Hall–Kier alpha value is -5.54. The number of aromatic nitrogens is 2. The van der Waals surface area contributed by atoms with Crippen LogP contribution in [-0.2, 0) is 25.7 Å². The van der Waals surface area contributed by atoms with Crippen LogP contribution in [0.3, 0.4) is 0 Å². The normalized spacial score (nSPS) is 17.8. The average molecular weight is 811 g/mol.